The molecule has 1 aromatic rings. The van der Waals surface area contributed by atoms with Crippen LogP contribution < -0.4 is 0 Å². The third kappa shape index (κ3) is 3.62. The number of fused-ring (bicyclic) bond motifs is 1. The van der Waals surface area contributed by atoms with Crippen LogP contribution in [0.3, 0.4) is 0 Å². The maximum atomic E-state index is 12.6. The number of carbonyl (C=O) groups excluding carboxylic acids is 2. The second kappa shape index (κ2) is 7.14. The molecule has 26 heavy (non-hydrogen) atoms. The molecule has 0 aliphatic carbocycles. The van der Waals surface area contributed by atoms with E-state index in [2.05, 4.69) is 0 Å². The van der Waals surface area contributed by atoms with Crippen LogP contribution in [0.1, 0.15) is 15.9 Å². The van der Waals surface area contributed by atoms with Gasteiger partial charge in [0.2, 0.25) is 0 Å². The lowest BCUT2D eigenvalue weighted by molar-refractivity contribution is -0.137. The fourth-order valence-electron chi connectivity index (χ4n) is 3.33. The summed E-state index contributed by atoms with van der Waals surface area (Å²) in [4.78, 5) is 29.9. The molecule has 2 heterocycles. The smallest absolute Gasteiger partial charge is 0.383 e. The van der Waals surface area contributed by atoms with Crippen LogP contribution in [0, 0.1) is 0 Å². The number of amides is 3. The number of urea groups is 1. The van der Waals surface area contributed by atoms with Crippen molar-refractivity contribution >= 4 is 11.9 Å². The van der Waals surface area contributed by atoms with Crippen LogP contribution in [0.4, 0.5) is 18.0 Å². The molecule has 6 nitrogen and oxygen atoms in total. The summed E-state index contributed by atoms with van der Waals surface area (Å²) in [7, 11) is 1.57. The molecular formula is C17H20F3N3O3. The summed E-state index contributed by atoms with van der Waals surface area (Å²) in [6.07, 6.45) is -4.43. The third-order valence-corrected chi connectivity index (χ3v) is 4.74. The van der Waals surface area contributed by atoms with E-state index in [4.69, 9.17) is 4.74 Å². The van der Waals surface area contributed by atoms with Gasteiger partial charge in [0.1, 0.15) is 0 Å². The predicted molar refractivity (Wildman–Crippen MR) is 86.7 cm³/mol. The molecule has 2 fully saturated rings. The van der Waals surface area contributed by atoms with Gasteiger partial charge in [-0.25, -0.2) is 4.79 Å². The quantitative estimate of drug-likeness (QED) is 0.813. The molecule has 0 spiro atoms. The summed E-state index contributed by atoms with van der Waals surface area (Å²) in [6.45, 7) is 2.60. The van der Waals surface area contributed by atoms with Crippen LogP contribution in [-0.4, -0.2) is 79.1 Å². The Morgan fingerprint density at radius 2 is 1.88 bits per heavy atom. The minimum absolute atomic E-state index is 0.0614. The zero-order valence-corrected chi connectivity index (χ0v) is 14.3. The number of hydrogen-bond donors (Lipinski definition) is 0. The first-order valence-electron chi connectivity index (χ1n) is 8.32. The number of alkyl halides is 3. The standard InChI is InChI=1S/C17H20F3N3O3/c1-26-9-8-22-11-14-10-21(6-7-23(14)16(22)25)15(24)12-2-4-13(5-3-12)17(18,19)20/h2-5,14H,6-11H2,1H3. The normalized spacial score (nSPS) is 20.5. The van der Waals surface area contributed by atoms with Crippen molar-refractivity contribution in [3.63, 3.8) is 0 Å². The van der Waals surface area contributed by atoms with Gasteiger partial charge in [0.25, 0.3) is 5.91 Å². The lowest BCUT2D eigenvalue weighted by Gasteiger charge is -2.36. The van der Waals surface area contributed by atoms with Crippen molar-refractivity contribution in [2.45, 2.75) is 12.2 Å². The van der Waals surface area contributed by atoms with E-state index in [9.17, 15) is 22.8 Å². The van der Waals surface area contributed by atoms with Crippen molar-refractivity contribution in [1.82, 2.24) is 14.7 Å². The number of rotatable bonds is 4. The van der Waals surface area contributed by atoms with Crippen LogP contribution >= 0.6 is 0 Å². The largest absolute Gasteiger partial charge is 0.416 e. The average molecular weight is 371 g/mol. The highest BCUT2D eigenvalue weighted by atomic mass is 19.4. The summed E-state index contributed by atoms with van der Waals surface area (Å²) in [6, 6.07) is 4.05. The molecule has 0 bridgehead atoms. The third-order valence-electron chi connectivity index (χ3n) is 4.74. The van der Waals surface area contributed by atoms with E-state index >= 15 is 0 Å². The topological polar surface area (TPSA) is 53.1 Å². The summed E-state index contributed by atoms with van der Waals surface area (Å²) in [5.41, 5.74) is -0.568. The van der Waals surface area contributed by atoms with Crippen molar-refractivity contribution in [3.8, 4) is 0 Å². The number of hydrogen-bond acceptors (Lipinski definition) is 3. The molecule has 3 amide bonds. The summed E-state index contributed by atoms with van der Waals surface area (Å²) in [5.74, 6) is -0.318. The van der Waals surface area contributed by atoms with Gasteiger partial charge in [-0.1, -0.05) is 0 Å². The Bertz CT molecular complexity index is 678. The molecule has 0 radical (unpaired) electrons. The molecule has 1 aromatic carbocycles. The fraction of sp³-hybridized carbons (Fsp3) is 0.529. The molecule has 3 rings (SSSR count). The molecule has 1 atom stereocenters. The molecule has 2 aliphatic heterocycles. The number of ether oxygens (including phenoxy) is 1. The van der Waals surface area contributed by atoms with Crippen LogP contribution in [0.15, 0.2) is 24.3 Å². The van der Waals surface area contributed by atoms with Crippen molar-refractivity contribution in [2.75, 3.05) is 46.4 Å². The number of nitrogens with zero attached hydrogens (tertiary/aromatic N) is 3. The van der Waals surface area contributed by atoms with Gasteiger partial charge in [0, 0.05) is 45.4 Å². The van der Waals surface area contributed by atoms with Crippen LogP contribution in [-0.2, 0) is 10.9 Å². The van der Waals surface area contributed by atoms with Gasteiger partial charge in [-0.15, -0.1) is 0 Å². The fourth-order valence-corrected chi connectivity index (χ4v) is 3.33. The Labute approximate surface area is 149 Å². The van der Waals surface area contributed by atoms with Gasteiger partial charge in [-0.3, -0.25) is 4.79 Å². The molecular weight excluding hydrogens is 351 g/mol. The molecule has 142 valence electrons. The first-order chi connectivity index (χ1) is 12.3. The van der Waals surface area contributed by atoms with Crippen LogP contribution in [0.5, 0.6) is 0 Å². The van der Waals surface area contributed by atoms with E-state index in [0.29, 0.717) is 39.3 Å². The van der Waals surface area contributed by atoms with Gasteiger partial charge in [-0.2, -0.15) is 13.2 Å². The minimum atomic E-state index is -4.43. The zero-order chi connectivity index (χ0) is 18.9. The highest BCUT2D eigenvalue weighted by molar-refractivity contribution is 5.94. The lowest BCUT2D eigenvalue weighted by Crippen LogP contribution is -2.53. The Morgan fingerprint density at radius 3 is 2.50 bits per heavy atom. The van der Waals surface area contributed by atoms with Crippen molar-refractivity contribution in [1.29, 1.82) is 0 Å². The van der Waals surface area contributed by atoms with E-state index in [-0.39, 0.29) is 23.5 Å². The number of piperazine rings is 1. The number of carbonyl (C=O) groups is 2. The van der Waals surface area contributed by atoms with E-state index in [1.807, 2.05) is 0 Å². The van der Waals surface area contributed by atoms with Crippen LogP contribution in [0.2, 0.25) is 0 Å². The zero-order valence-electron chi connectivity index (χ0n) is 14.3. The Balaban J connectivity index is 1.65. The molecule has 0 N–H and O–H groups in total. The lowest BCUT2D eigenvalue weighted by atomic mass is 10.1. The highest BCUT2D eigenvalue weighted by Gasteiger charge is 2.41. The minimum Gasteiger partial charge on any atom is -0.383 e. The molecule has 0 aromatic heterocycles. The Morgan fingerprint density at radius 1 is 1.19 bits per heavy atom. The van der Waals surface area contributed by atoms with Gasteiger partial charge >= 0.3 is 12.2 Å². The molecule has 2 aliphatic rings. The van der Waals surface area contributed by atoms with Gasteiger partial charge < -0.3 is 19.4 Å². The highest BCUT2D eigenvalue weighted by Crippen LogP contribution is 2.29. The van der Waals surface area contributed by atoms with Gasteiger partial charge in [0.15, 0.2) is 0 Å². The second-order valence-electron chi connectivity index (χ2n) is 6.39. The van der Waals surface area contributed by atoms with Crippen LogP contribution in [0.25, 0.3) is 0 Å². The van der Waals surface area contributed by atoms with Crippen molar-refractivity contribution in [2.24, 2.45) is 0 Å². The SMILES string of the molecule is COCCN1CC2CN(C(=O)c3ccc(C(F)(F)F)cc3)CCN2C1=O. The summed E-state index contributed by atoms with van der Waals surface area (Å²) in [5, 5.41) is 0. The summed E-state index contributed by atoms with van der Waals surface area (Å²) >= 11 is 0. The number of benzene rings is 1. The van der Waals surface area contributed by atoms with Gasteiger partial charge in [-0.05, 0) is 24.3 Å². The first kappa shape index (κ1) is 18.5. The first-order valence-corrected chi connectivity index (χ1v) is 8.32. The second-order valence-corrected chi connectivity index (χ2v) is 6.39. The Hall–Kier alpha value is -2.29. The average Bonchev–Trinajstić information content (AvgIpc) is 2.94. The van der Waals surface area contributed by atoms with E-state index in [1.165, 1.54) is 12.1 Å². The van der Waals surface area contributed by atoms with E-state index in [0.717, 1.165) is 12.1 Å². The molecule has 0 saturated carbocycles. The maximum Gasteiger partial charge on any atom is 0.416 e. The predicted octanol–water partition coefficient (Wildman–Crippen LogP) is 1.91. The molecule has 2 saturated heterocycles. The maximum absolute atomic E-state index is 12.6. The molecule has 9 heteroatoms. The molecule has 1 unspecified atom stereocenters. The van der Waals surface area contributed by atoms with Crippen molar-refractivity contribution < 1.29 is 27.5 Å². The number of methoxy groups -OCH3 is 1. The Kier molecular flexibility index (Phi) is 5.08. The van der Waals surface area contributed by atoms with E-state index in [1.54, 1.807) is 21.8 Å². The monoisotopic (exact) mass is 371 g/mol. The van der Waals surface area contributed by atoms with E-state index < -0.39 is 11.7 Å². The van der Waals surface area contributed by atoms with Crippen molar-refractivity contribution in [3.05, 3.63) is 35.4 Å². The van der Waals surface area contributed by atoms with Gasteiger partial charge in [0.05, 0.1) is 18.2 Å². The summed E-state index contributed by atoms with van der Waals surface area (Å²) < 4.78 is 42.9. The number of halogens is 3.